The Kier molecular flexibility index (Phi) is 6.74. The number of aliphatic hydroxyl groups is 1. The van der Waals surface area contributed by atoms with Crippen LogP contribution in [0.4, 0.5) is 10.9 Å². The Morgan fingerprint density at radius 3 is 2.55 bits per heavy atom. The van der Waals surface area contributed by atoms with E-state index in [9.17, 15) is 5.11 Å². The summed E-state index contributed by atoms with van der Waals surface area (Å²) >= 11 is 1.64. The Morgan fingerprint density at radius 1 is 1.03 bits per heavy atom. The second-order valence-corrected chi connectivity index (χ2v) is 10.6. The van der Waals surface area contributed by atoms with Gasteiger partial charge in [-0.1, -0.05) is 47.7 Å². The number of nitrogens with one attached hydrogen (secondary N) is 1. The second kappa shape index (κ2) is 9.89. The monoisotopic (exact) mass is 463 g/mol. The minimum atomic E-state index is -0.520. The third-order valence-electron chi connectivity index (χ3n) is 7.01. The summed E-state index contributed by atoms with van der Waals surface area (Å²) in [6.45, 7) is 4.83. The van der Waals surface area contributed by atoms with E-state index in [0.29, 0.717) is 5.92 Å². The summed E-state index contributed by atoms with van der Waals surface area (Å²) < 4.78 is 0. The predicted octanol–water partition coefficient (Wildman–Crippen LogP) is 4.58. The van der Waals surface area contributed by atoms with Crippen molar-refractivity contribution >= 4 is 22.3 Å². The molecule has 2 saturated heterocycles. The number of pyridine rings is 1. The molecule has 0 amide bonds. The number of piperidine rings is 2. The number of likely N-dealkylation sites (tertiary alicyclic amines) is 2. The molecule has 2 fully saturated rings. The van der Waals surface area contributed by atoms with Crippen molar-refractivity contribution in [3.63, 3.8) is 0 Å². The fraction of sp³-hybridized carbons (Fsp3) is 0.462. The third kappa shape index (κ3) is 5.61. The summed E-state index contributed by atoms with van der Waals surface area (Å²) in [5.74, 6) is 1.32. The molecule has 7 heteroatoms. The van der Waals surface area contributed by atoms with E-state index >= 15 is 0 Å². The standard InChI is InChI=1S/C26H33N5OS/c1-30-16-12-26(32,13-17-30)19-31-14-10-20(11-15-31)22-8-5-9-24(28-22)29-25-27-18-23(33-25)21-6-3-2-4-7-21/h2-9,18,20,32H,10-17,19H2,1H3,(H,27,28,29). The van der Waals surface area contributed by atoms with E-state index < -0.39 is 5.60 Å². The molecule has 2 aromatic heterocycles. The van der Waals surface area contributed by atoms with Gasteiger partial charge in [0.25, 0.3) is 0 Å². The van der Waals surface area contributed by atoms with Crippen molar-refractivity contribution in [1.82, 2.24) is 19.8 Å². The number of thiazole rings is 1. The molecule has 0 radical (unpaired) electrons. The highest BCUT2D eigenvalue weighted by atomic mass is 32.1. The molecule has 0 saturated carbocycles. The van der Waals surface area contributed by atoms with Gasteiger partial charge in [0.2, 0.25) is 0 Å². The van der Waals surface area contributed by atoms with Crippen LogP contribution < -0.4 is 5.32 Å². The maximum Gasteiger partial charge on any atom is 0.188 e. The van der Waals surface area contributed by atoms with Gasteiger partial charge in [-0.15, -0.1) is 0 Å². The van der Waals surface area contributed by atoms with E-state index in [0.717, 1.165) is 79.9 Å². The molecular weight excluding hydrogens is 430 g/mol. The predicted molar refractivity (Wildman–Crippen MR) is 135 cm³/mol. The molecule has 174 valence electrons. The van der Waals surface area contributed by atoms with Crippen LogP contribution in [0.2, 0.25) is 0 Å². The number of hydrogen-bond donors (Lipinski definition) is 2. The van der Waals surface area contributed by atoms with Crippen molar-refractivity contribution in [1.29, 1.82) is 0 Å². The summed E-state index contributed by atoms with van der Waals surface area (Å²) in [7, 11) is 2.14. The zero-order valence-electron chi connectivity index (χ0n) is 19.3. The lowest BCUT2D eigenvalue weighted by Gasteiger charge is -2.41. The van der Waals surface area contributed by atoms with E-state index in [1.54, 1.807) is 11.3 Å². The average molecular weight is 464 g/mol. The van der Waals surface area contributed by atoms with E-state index in [2.05, 4.69) is 51.4 Å². The zero-order chi connectivity index (χ0) is 22.7. The topological polar surface area (TPSA) is 64.5 Å². The molecular formula is C26H33N5OS. The van der Waals surface area contributed by atoms with Gasteiger partial charge < -0.3 is 20.2 Å². The number of benzene rings is 1. The van der Waals surface area contributed by atoms with E-state index in [-0.39, 0.29) is 0 Å². The SMILES string of the molecule is CN1CCC(O)(CN2CCC(c3cccc(Nc4ncc(-c5ccccc5)s4)n3)CC2)CC1. The minimum absolute atomic E-state index is 0.464. The third-order valence-corrected chi connectivity index (χ3v) is 7.97. The smallest absolute Gasteiger partial charge is 0.188 e. The van der Waals surface area contributed by atoms with Crippen molar-refractivity contribution < 1.29 is 5.11 Å². The van der Waals surface area contributed by atoms with Gasteiger partial charge in [-0.2, -0.15) is 0 Å². The van der Waals surface area contributed by atoms with Crippen LogP contribution in [0.25, 0.3) is 10.4 Å². The van der Waals surface area contributed by atoms with Gasteiger partial charge in [-0.3, -0.25) is 0 Å². The minimum Gasteiger partial charge on any atom is -0.388 e. The number of aromatic nitrogens is 2. The van der Waals surface area contributed by atoms with Gasteiger partial charge in [-0.25, -0.2) is 9.97 Å². The first-order valence-corrected chi connectivity index (χ1v) is 12.8. The highest BCUT2D eigenvalue weighted by Gasteiger charge is 2.34. The molecule has 0 aliphatic carbocycles. The summed E-state index contributed by atoms with van der Waals surface area (Å²) in [5, 5.41) is 15.2. The second-order valence-electron chi connectivity index (χ2n) is 9.55. The average Bonchev–Trinajstić information content (AvgIpc) is 3.31. The number of nitrogens with zero attached hydrogens (tertiary/aromatic N) is 4. The summed E-state index contributed by atoms with van der Waals surface area (Å²) in [6.07, 6.45) is 5.84. The molecule has 4 heterocycles. The van der Waals surface area contributed by atoms with Crippen molar-refractivity contribution in [3.05, 3.63) is 60.4 Å². The van der Waals surface area contributed by atoms with Crippen LogP contribution in [-0.2, 0) is 0 Å². The highest BCUT2D eigenvalue weighted by molar-refractivity contribution is 7.18. The molecule has 0 unspecified atom stereocenters. The molecule has 5 rings (SSSR count). The molecule has 0 atom stereocenters. The Balaban J connectivity index is 1.17. The maximum atomic E-state index is 11.0. The van der Waals surface area contributed by atoms with Crippen LogP contribution >= 0.6 is 11.3 Å². The van der Waals surface area contributed by atoms with Crippen LogP contribution in [0.5, 0.6) is 0 Å². The van der Waals surface area contributed by atoms with Crippen LogP contribution in [-0.4, -0.2) is 70.2 Å². The first kappa shape index (κ1) is 22.5. The van der Waals surface area contributed by atoms with Crippen LogP contribution in [0, 0.1) is 0 Å². The molecule has 1 aromatic carbocycles. The van der Waals surface area contributed by atoms with Gasteiger partial charge in [0, 0.05) is 37.4 Å². The largest absolute Gasteiger partial charge is 0.388 e. The highest BCUT2D eigenvalue weighted by Crippen LogP contribution is 2.32. The molecule has 3 aromatic rings. The number of rotatable bonds is 6. The van der Waals surface area contributed by atoms with Gasteiger partial charge in [-0.05, 0) is 63.5 Å². The van der Waals surface area contributed by atoms with E-state index in [4.69, 9.17) is 4.98 Å². The lowest BCUT2D eigenvalue weighted by Crippen LogP contribution is -2.51. The van der Waals surface area contributed by atoms with Crippen LogP contribution in [0.1, 0.15) is 37.3 Å². The molecule has 6 nitrogen and oxygen atoms in total. The van der Waals surface area contributed by atoms with Crippen molar-refractivity contribution in [2.45, 2.75) is 37.2 Å². The Bertz CT molecular complexity index is 1040. The Labute approximate surface area is 200 Å². The number of anilines is 2. The van der Waals surface area contributed by atoms with Gasteiger partial charge in [0.05, 0.1) is 10.5 Å². The molecule has 2 aliphatic rings. The first-order valence-electron chi connectivity index (χ1n) is 11.9. The van der Waals surface area contributed by atoms with Gasteiger partial charge in [0.15, 0.2) is 5.13 Å². The van der Waals surface area contributed by atoms with E-state index in [1.165, 1.54) is 5.56 Å². The summed E-state index contributed by atoms with van der Waals surface area (Å²) in [4.78, 5) is 15.4. The quantitative estimate of drug-likeness (QED) is 0.558. The summed E-state index contributed by atoms with van der Waals surface area (Å²) in [5.41, 5.74) is 1.81. The Hall–Kier alpha value is -2.32. The molecule has 0 bridgehead atoms. The zero-order valence-corrected chi connectivity index (χ0v) is 20.1. The normalized spacial score (nSPS) is 20.1. The Morgan fingerprint density at radius 2 is 1.79 bits per heavy atom. The van der Waals surface area contributed by atoms with E-state index in [1.807, 2.05) is 30.5 Å². The number of hydrogen-bond acceptors (Lipinski definition) is 7. The molecule has 33 heavy (non-hydrogen) atoms. The summed E-state index contributed by atoms with van der Waals surface area (Å²) in [6, 6.07) is 16.6. The van der Waals surface area contributed by atoms with Gasteiger partial charge >= 0.3 is 0 Å². The van der Waals surface area contributed by atoms with Crippen LogP contribution in [0.15, 0.2) is 54.7 Å². The van der Waals surface area contributed by atoms with Gasteiger partial charge in [0.1, 0.15) is 5.82 Å². The number of β-amino-alcohol motifs (C(OH)–C–C–N with tert-alkyl or cyclic N) is 1. The van der Waals surface area contributed by atoms with Crippen molar-refractivity contribution in [2.24, 2.45) is 0 Å². The van der Waals surface area contributed by atoms with Crippen molar-refractivity contribution in [2.75, 3.05) is 45.1 Å². The first-order chi connectivity index (χ1) is 16.1. The lowest BCUT2D eigenvalue weighted by atomic mass is 9.88. The fourth-order valence-corrected chi connectivity index (χ4v) is 5.75. The molecule has 2 N–H and O–H groups in total. The molecule has 2 aliphatic heterocycles. The molecule has 0 spiro atoms. The lowest BCUT2D eigenvalue weighted by molar-refractivity contribution is -0.0449. The van der Waals surface area contributed by atoms with Crippen molar-refractivity contribution in [3.8, 4) is 10.4 Å². The van der Waals surface area contributed by atoms with Crippen LogP contribution in [0.3, 0.4) is 0 Å². The maximum absolute atomic E-state index is 11.0. The fourth-order valence-electron chi connectivity index (χ4n) is 4.92.